The normalized spacial score (nSPS) is 19.8. The van der Waals surface area contributed by atoms with Crippen molar-refractivity contribution in [2.75, 3.05) is 20.2 Å². The zero-order valence-corrected chi connectivity index (χ0v) is 18.4. The number of hydrogen-bond donors (Lipinski definition) is 1. The molecule has 2 aliphatic rings. The maximum absolute atomic E-state index is 14.1. The predicted octanol–water partition coefficient (Wildman–Crippen LogP) is 4.27. The molecular formula is C23H24ClF2N3O3. The van der Waals surface area contributed by atoms with Crippen LogP contribution in [0.3, 0.4) is 0 Å². The third kappa shape index (κ3) is 4.65. The van der Waals surface area contributed by atoms with Gasteiger partial charge in [-0.1, -0.05) is 23.7 Å². The highest BCUT2D eigenvalue weighted by molar-refractivity contribution is 6.30. The SMILES string of the molecule is CN(Cc1ccc(Cl)cc1)C(=O)[C@H]1CCCN1C(=O)N[C@H]1CCOc2c(F)cc(F)cc21. The largest absolute Gasteiger partial charge is 0.490 e. The van der Waals surface area contributed by atoms with E-state index in [4.69, 9.17) is 16.3 Å². The van der Waals surface area contributed by atoms with Gasteiger partial charge in [-0.15, -0.1) is 0 Å². The number of nitrogens with zero attached hydrogens (tertiary/aromatic N) is 2. The summed E-state index contributed by atoms with van der Waals surface area (Å²) in [5.74, 6) is -1.72. The van der Waals surface area contributed by atoms with Crippen LogP contribution in [0.15, 0.2) is 36.4 Å². The average molecular weight is 464 g/mol. The number of carbonyl (C=O) groups is 2. The van der Waals surface area contributed by atoms with E-state index < -0.39 is 29.7 Å². The van der Waals surface area contributed by atoms with Gasteiger partial charge in [0.25, 0.3) is 0 Å². The van der Waals surface area contributed by atoms with Gasteiger partial charge in [0, 0.05) is 43.2 Å². The minimum Gasteiger partial charge on any atom is -0.490 e. The van der Waals surface area contributed by atoms with E-state index in [1.54, 1.807) is 24.1 Å². The first-order valence-corrected chi connectivity index (χ1v) is 10.9. The number of carbonyl (C=O) groups excluding carboxylic acids is 2. The molecule has 170 valence electrons. The molecule has 1 N–H and O–H groups in total. The van der Waals surface area contributed by atoms with Crippen LogP contribution in [-0.2, 0) is 11.3 Å². The zero-order valence-electron chi connectivity index (χ0n) is 17.6. The topological polar surface area (TPSA) is 61.9 Å². The van der Waals surface area contributed by atoms with Crippen molar-refractivity contribution in [3.63, 3.8) is 0 Å². The van der Waals surface area contributed by atoms with E-state index in [1.165, 1.54) is 11.0 Å². The number of halogens is 3. The second kappa shape index (κ2) is 9.32. The van der Waals surface area contributed by atoms with Crippen LogP contribution in [0.2, 0.25) is 5.02 Å². The molecular weight excluding hydrogens is 440 g/mol. The van der Waals surface area contributed by atoms with Crippen LogP contribution in [0.5, 0.6) is 5.75 Å². The first kappa shape index (κ1) is 22.3. The highest BCUT2D eigenvalue weighted by Gasteiger charge is 2.37. The number of fused-ring (bicyclic) bond motifs is 1. The van der Waals surface area contributed by atoms with E-state index in [0.29, 0.717) is 37.4 Å². The van der Waals surface area contributed by atoms with E-state index in [2.05, 4.69) is 5.32 Å². The summed E-state index contributed by atoms with van der Waals surface area (Å²) in [7, 11) is 1.70. The summed E-state index contributed by atoms with van der Waals surface area (Å²) in [6.07, 6.45) is 1.64. The highest BCUT2D eigenvalue weighted by atomic mass is 35.5. The van der Waals surface area contributed by atoms with Gasteiger partial charge in [-0.05, 0) is 36.6 Å². The lowest BCUT2D eigenvalue weighted by atomic mass is 10.00. The summed E-state index contributed by atoms with van der Waals surface area (Å²) in [5, 5.41) is 3.46. The fourth-order valence-corrected chi connectivity index (χ4v) is 4.40. The van der Waals surface area contributed by atoms with E-state index >= 15 is 0 Å². The Hall–Kier alpha value is -2.87. The lowest BCUT2D eigenvalue weighted by molar-refractivity contribution is -0.134. The van der Waals surface area contributed by atoms with Crippen LogP contribution in [0.25, 0.3) is 0 Å². The van der Waals surface area contributed by atoms with E-state index in [0.717, 1.165) is 11.6 Å². The number of nitrogens with one attached hydrogen (secondary N) is 1. The van der Waals surface area contributed by atoms with Crippen molar-refractivity contribution < 1.29 is 23.1 Å². The van der Waals surface area contributed by atoms with Gasteiger partial charge in [-0.3, -0.25) is 4.79 Å². The van der Waals surface area contributed by atoms with Gasteiger partial charge in [0.1, 0.15) is 11.9 Å². The highest BCUT2D eigenvalue weighted by Crippen LogP contribution is 2.35. The van der Waals surface area contributed by atoms with Gasteiger partial charge < -0.3 is 19.9 Å². The van der Waals surface area contributed by atoms with Crippen molar-refractivity contribution in [1.29, 1.82) is 0 Å². The van der Waals surface area contributed by atoms with Crippen LogP contribution < -0.4 is 10.1 Å². The molecule has 2 atom stereocenters. The van der Waals surface area contributed by atoms with Gasteiger partial charge in [0.15, 0.2) is 11.6 Å². The minimum absolute atomic E-state index is 0.0419. The Morgan fingerprint density at radius 2 is 1.97 bits per heavy atom. The summed E-state index contributed by atoms with van der Waals surface area (Å²) in [6, 6.07) is 7.56. The Morgan fingerprint density at radius 3 is 2.72 bits per heavy atom. The first-order valence-electron chi connectivity index (χ1n) is 10.5. The summed E-state index contributed by atoms with van der Waals surface area (Å²) in [6.45, 7) is 1.03. The van der Waals surface area contributed by atoms with Crippen molar-refractivity contribution in [3.05, 3.63) is 64.2 Å². The van der Waals surface area contributed by atoms with Crippen LogP contribution in [-0.4, -0.2) is 48.0 Å². The standard InChI is InChI=1S/C23H24ClF2N3O3/c1-28(13-14-4-6-15(24)7-5-14)22(30)20-3-2-9-29(20)23(31)27-19-8-10-32-21-17(19)11-16(25)12-18(21)26/h4-7,11-12,19-20H,2-3,8-10,13H2,1H3,(H,27,31)/t19-,20+/m0/s1. The van der Waals surface area contributed by atoms with E-state index in [9.17, 15) is 18.4 Å². The molecule has 0 aromatic heterocycles. The Bertz CT molecular complexity index is 1020. The Labute approximate surface area is 190 Å². The second-order valence-electron chi connectivity index (χ2n) is 8.12. The van der Waals surface area contributed by atoms with E-state index in [-0.39, 0.29) is 23.8 Å². The van der Waals surface area contributed by atoms with Gasteiger partial charge in [0.2, 0.25) is 5.91 Å². The van der Waals surface area contributed by atoms with Crippen LogP contribution in [0.4, 0.5) is 13.6 Å². The Kier molecular flexibility index (Phi) is 6.50. The molecule has 1 fully saturated rings. The fourth-order valence-electron chi connectivity index (χ4n) is 4.27. The third-order valence-electron chi connectivity index (χ3n) is 5.87. The van der Waals surface area contributed by atoms with Crippen molar-refractivity contribution >= 4 is 23.5 Å². The van der Waals surface area contributed by atoms with Crippen molar-refractivity contribution in [2.45, 2.75) is 37.9 Å². The Balaban J connectivity index is 1.44. The Morgan fingerprint density at radius 1 is 1.22 bits per heavy atom. The summed E-state index contributed by atoms with van der Waals surface area (Å²) in [4.78, 5) is 29.2. The average Bonchev–Trinajstić information content (AvgIpc) is 3.25. The maximum atomic E-state index is 14.1. The molecule has 2 heterocycles. The number of rotatable bonds is 4. The molecule has 4 rings (SSSR count). The van der Waals surface area contributed by atoms with Gasteiger partial charge in [0.05, 0.1) is 12.6 Å². The smallest absolute Gasteiger partial charge is 0.318 e. The summed E-state index contributed by atoms with van der Waals surface area (Å²) in [5.41, 5.74) is 1.20. The number of amides is 3. The molecule has 1 saturated heterocycles. The maximum Gasteiger partial charge on any atom is 0.318 e. The molecule has 0 bridgehead atoms. The molecule has 9 heteroatoms. The third-order valence-corrected chi connectivity index (χ3v) is 6.12. The van der Waals surface area contributed by atoms with Crippen molar-refractivity contribution in [1.82, 2.24) is 15.1 Å². The van der Waals surface area contributed by atoms with Crippen LogP contribution >= 0.6 is 11.6 Å². The van der Waals surface area contributed by atoms with E-state index in [1.807, 2.05) is 12.1 Å². The summed E-state index contributed by atoms with van der Waals surface area (Å²) < 4.78 is 33.1. The molecule has 3 amide bonds. The molecule has 6 nitrogen and oxygen atoms in total. The zero-order chi connectivity index (χ0) is 22.8. The molecule has 2 aromatic carbocycles. The van der Waals surface area contributed by atoms with Crippen molar-refractivity contribution in [3.8, 4) is 5.75 Å². The molecule has 2 aromatic rings. The molecule has 0 saturated carbocycles. The molecule has 0 spiro atoms. The van der Waals surface area contributed by atoms with Crippen molar-refractivity contribution in [2.24, 2.45) is 0 Å². The minimum atomic E-state index is -0.794. The molecule has 32 heavy (non-hydrogen) atoms. The molecule has 0 radical (unpaired) electrons. The first-order chi connectivity index (χ1) is 15.3. The molecule has 0 aliphatic carbocycles. The lowest BCUT2D eigenvalue weighted by Crippen LogP contribution is -2.50. The number of hydrogen-bond acceptors (Lipinski definition) is 3. The fraction of sp³-hybridized carbons (Fsp3) is 0.391. The number of ether oxygens (including phenoxy) is 1. The quantitative estimate of drug-likeness (QED) is 0.736. The van der Waals surface area contributed by atoms with Crippen LogP contribution in [0, 0.1) is 11.6 Å². The number of urea groups is 1. The monoisotopic (exact) mass is 463 g/mol. The number of benzene rings is 2. The summed E-state index contributed by atoms with van der Waals surface area (Å²) >= 11 is 5.92. The van der Waals surface area contributed by atoms with Crippen LogP contribution in [0.1, 0.15) is 36.4 Å². The van der Waals surface area contributed by atoms with Gasteiger partial charge in [-0.25, -0.2) is 13.6 Å². The molecule has 2 aliphatic heterocycles. The second-order valence-corrected chi connectivity index (χ2v) is 8.55. The lowest BCUT2D eigenvalue weighted by Gasteiger charge is -2.32. The predicted molar refractivity (Wildman–Crippen MR) is 115 cm³/mol. The number of likely N-dealkylation sites (tertiary alicyclic amines) is 1. The molecule has 0 unspecified atom stereocenters. The number of likely N-dealkylation sites (N-methyl/N-ethyl adjacent to an activating group) is 1. The van der Waals surface area contributed by atoms with Gasteiger partial charge in [-0.2, -0.15) is 0 Å². The van der Waals surface area contributed by atoms with Gasteiger partial charge >= 0.3 is 6.03 Å².